The molecule has 1 rings (SSSR count). The zero-order chi connectivity index (χ0) is 10.9. The van der Waals surface area contributed by atoms with E-state index in [0.29, 0.717) is 13.2 Å². The van der Waals surface area contributed by atoms with E-state index in [2.05, 4.69) is 16.7 Å². The lowest BCUT2D eigenvalue weighted by molar-refractivity contribution is -0.125. The van der Waals surface area contributed by atoms with Crippen LogP contribution in [0.4, 0.5) is 0 Å². The minimum atomic E-state index is -0.0251. The van der Waals surface area contributed by atoms with E-state index in [1.165, 1.54) is 5.57 Å². The molecule has 0 aromatic carbocycles. The highest BCUT2D eigenvalue weighted by Gasteiger charge is 2.05. The molecule has 0 unspecified atom stereocenters. The lowest BCUT2D eigenvalue weighted by Crippen LogP contribution is -2.32. The molecule has 0 bridgehead atoms. The van der Waals surface area contributed by atoms with Gasteiger partial charge < -0.3 is 15.4 Å². The third-order valence-corrected chi connectivity index (χ3v) is 2.25. The second-order valence-corrected chi connectivity index (χ2v) is 3.65. The number of ether oxygens (including phenoxy) is 1. The number of halogens is 1. The van der Waals surface area contributed by atoms with Crippen LogP contribution >= 0.6 is 12.4 Å². The molecule has 0 aromatic rings. The van der Waals surface area contributed by atoms with Gasteiger partial charge in [0.1, 0.15) is 6.61 Å². The number of hydrogen-bond donors (Lipinski definition) is 2. The molecule has 1 aliphatic heterocycles. The fourth-order valence-electron chi connectivity index (χ4n) is 1.40. The van der Waals surface area contributed by atoms with E-state index < -0.39 is 0 Å². The predicted octanol–water partition coefficient (Wildman–Crippen LogP) is 0.871. The molecule has 1 heterocycles. The summed E-state index contributed by atoms with van der Waals surface area (Å²) in [5, 5.41) is 6.08. The number of carbonyl (C=O) groups is 1. The summed E-state index contributed by atoms with van der Waals surface area (Å²) < 4.78 is 5.14. The zero-order valence-electron chi connectivity index (χ0n) is 9.75. The molecule has 0 saturated carbocycles. The molecule has 1 amide bonds. The van der Waals surface area contributed by atoms with E-state index in [4.69, 9.17) is 4.74 Å². The van der Waals surface area contributed by atoms with Gasteiger partial charge in [-0.05, 0) is 19.4 Å². The Kier molecular flexibility index (Phi) is 9.28. The molecule has 0 fully saturated rings. The van der Waals surface area contributed by atoms with Gasteiger partial charge in [0, 0.05) is 19.7 Å². The van der Waals surface area contributed by atoms with Crippen molar-refractivity contribution in [2.75, 3.05) is 32.8 Å². The molecular weight excluding hydrogens is 228 g/mol. The Bertz CT molecular complexity index is 232. The maximum atomic E-state index is 11.3. The van der Waals surface area contributed by atoms with Gasteiger partial charge in [-0.15, -0.1) is 12.4 Å². The van der Waals surface area contributed by atoms with Gasteiger partial charge in [0.25, 0.3) is 0 Å². The van der Waals surface area contributed by atoms with Crippen LogP contribution in [-0.2, 0) is 9.53 Å². The summed E-state index contributed by atoms with van der Waals surface area (Å²) in [7, 11) is 0. The molecule has 4 nitrogen and oxygen atoms in total. The van der Waals surface area contributed by atoms with Gasteiger partial charge in [-0.25, -0.2) is 0 Å². The number of carbonyl (C=O) groups excluding carboxylic acids is 1. The fourth-order valence-corrected chi connectivity index (χ4v) is 1.40. The molecule has 0 aliphatic carbocycles. The molecule has 0 aromatic heterocycles. The van der Waals surface area contributed by atoms with E-state index in [9.17, 15) is 4.79 Å². The molecule has 0 spiro atoms. The lowest BCUT2D eigenvalue weighted by atomic mass is 10.1. The van der Waals surface area contributed by atoms with Gasteiger partial charge >= 0.3 is 0 Å². The SMILES string of the molecule is CCCOCC(=O)NCC1=CCNCC1.Cl. The van der Waals surface area contributed by atoms with E-state index in [1.807, 2.05) is 6.92 Å². The van der Waals surface area contributed by atoms with Crippen LogP contribution in [0.5, 0.6) is 0 Å². The van der Waals surface area contributed by atoms with Crippen molar-refractivity contribution in [2.24, 2.45) is 0 Å². The highest BCUT2D eigenvalue weighted by atomic mass is 35.5. The number of rotatable bonds is 6. The molecule has 94 valence electrons. The monoisotopic (exact) mass is 248 g/mol. The quantitative estimate of drug-likeness (QED) is 0.542. The van der Waals surface area contributed by atoms with Crippen LogP contribution in [0, 0.1) is 0 Å². The normalized spacial score (nSPS) is 14.9. The van der Waals surface area contributed by atoms with Crippen LogP contribution in [0.2, 0.25) is 0 Å². The Balaban J connectivity index is 0.00000225. The number of amides is 1. The zero-order valence-corrected chi connectivity index (χ0v) is 10.6. The largest absolute Gasteiger partial charge is 0.372 e. The maximum absolute atomic E-state index is 11.3. The maximum Gasteiger partial charge on any atom is 0.246 e. The van der Waals surface area contributed by atoms with Crippen LogP contribution in [0.3, 0.4) is 0 Å². The summed E-state index contributed by atoms with van der Waals surface area (Å²) in [5.41, 5.74) is 1.30. The first-order valence-electron chi connectivity index (χ1n) is 5.56. The van der Waals surface area contributed by atoms with Crippen LogP contribution in [0.25, 0.3) is 0 Å². The highest BCUT2D eigenvalue weighted by Crippen LogP contribution is 2.01. The number of hydrogen-bond acceptors (Lipinski definition) is 3. The predicted molar refractivity (Wildman–Crippen MR) is 66.9 cm³/mol. The summed E-state index contributed by atoms with van der Waals surface area (Å²) in [4.78, 5) is 11.3. The molecular formula is C11H21ClN2O2. The first kappa shape index (κ1) is 15.4. The highest BCUT2D eigenvalue weighted by molar-refractivity contribution is 5.85. The van der Waals surface area contributed by atoms with Crippen molar-refractivity contribution in [3.8, 4) is 0 Å². The van der Waals surface area contributed by atoms with Crippen LogP contribution in [0.1, 0.15) is 19.8 Å². The van der Waals surface area contributed by atoms with Gasteiger partial charge in [0.2, 0.25) is 5.91 Å². The van der Waals surface area contributed by atoms with Gasteiger partial charge in [0.15, 0.2) is 0 Å². The topological polar surface area (TPSA) is 50.4 Å². The molecule has 16 heavy (non-hydrogen) atoms. The molecule has 2 N–H and O–H groups in total. The standard InChI is InChI=1S/C11H20N2O2.ClH/c1-2-7-15-9-11(14)13-8-10-3-5-12-6-4-10;/h3,12H,2,4-9H2,1H3,(H,13,14);1H. The lowest BCUT2D eigenvalue weighted by Gasteiger charge is -2.14. The summed E-state index contributed by atoms with van der Waals surface area (Å²) in [6, 6.07) is 0. The third kappa shape index (κ3) is 6.82. The van der Waals surface area contributed by atoms with Gasteiger partial charge in [0.05, 0.1) is 0 Å². The summed E-state index contributed by atoms with van der Waals surface area (Å²) in [6.07, 6.45) is 4.11. The average molecular weight is 249 g/mol. The Hall–Kier alpha value is -0.580. The molecule has 0 atom stereocenters. The van der Waals surface area contributed by atoms with Crippen LogP contribution < -0.4 is 10.6 Å². The Morgan fingerprint density at radius 2 is 2.44 bits per heavy atom. The first-order chi connectivity index (χ1) is 7.33. The number of nitrogens with one attached hydrogen (secondary N) is 2. The van der Waals surface area contributed by atoms with Crippen molar-refractivity contribution in [1.82, 2.24) is 10.6 Å². The van der Waals surface area contributed by atoms with Crippen molar-refractivity contribution < 1.29 is 9.53 Å². The molecule has 1 aliphatic rings. The van der Waals surface area contributed by atoms with Crippen LogP contribution in [0.15, 0.2) is 11.6 Å². The minimum absolute atomic E-state index is 0. The Labute approximate surface area is 103 Å². The van der Waals surface area contributed by atoms with E-state index >= 15 is 0 Å². The Morgan fingerprint density at radius 3 is 3.06 bits per heavy atom. The second-order valence-electron chi connectivity index (χ2n) is 3.65. The van der Waals surface area contributed by atoms with E-state index in [-0.39, 0.29) is 24.9 Å². The van der Waals surface area contributed by atoms with E-state index in [1.54, 1.807) is 0 Å². The minimum Gasteiger partial charge on any atom is -0.372 e. The average Bonchev–Trinajstić information content (AvgIpc) is 2.28. The molecule has 5 heteroatoms. The summed E-state index contributed by atoms with van der Waals surface area (Å²) in [5.74, 6) is -0.0251. The second kappa shape index (κ2) is 9.63. The van der Waals surface area contributed by atoms with Gasteiger partial charge in [-0.1, -0.05) is 18.6 Å². The van der Waals surface area contributed by atoms with Gasteiger partial charge in [-0.2, -0.15) is 0 Å². The van der Waals surface area contributed by atoms with E-state index in [0.717, 1.165) is 25.9 Å². The third-order valence-electron chi connectivity index (χ3n) is 2.25. The summed E-state index contributed by atoms with van der Waals surface area (Å²) >= 11 is 0. The Morgan fingerprint density at radius 1 is 1.62 bits per heavy atom. The van der Waals surface area contributed by atoms with Crippen molar-refractivity contribution in [3.05, 3.63) is 11.6 Å². The molecule has 0 radical (unpaired) electrons. The van der Waals surface area contributed by atoms with Gasteiger partial charge in [-0.3, -0.25) is 4.79 Å². The van der Waals surface area contributed by atoms with Crippen molar-refractivity contribution in [2.45, 2.75) is 19.8 Å². The first-order valence-corrected chi connectivity index (χ1v) is 5.56. The van der Waals surface area contributed by atoms with Crippen molar-refractivity contribution in [3.63, 3.8) is 0 Å². The van der Waals surface area contributed by atoms with Crippen molar-refractivity contribution in [1.29, 1.82) is 0 Å². The molecule has 0 saturated heterocycles. The van der Waals surface area contributed by atoms with Crippen LogP contribution in [-0.4, -0.2) is 38.8 Å². The summed E-state index contributed by atoms with van der Waals surface area (Å²) in [6.45, 7) is 5.44. The fraction of sp³-hybridized carbons (Fsp3) is 0.727. The smallest absolute Gasteiger partial charge is 0.246 e. The van der Waals surface area contributed by atoms with Crippen molar-refractivity contribution >= 4 is 18.3 Å².